The van der Waals surface area contributed by atoms with Gasteiger partial charge in [0, 0.05) is 22.9 Å². The predicted molar refractivity (Wildman–Crippen MR) is 93.8 cm³/mol. The summed E-state index contributed by atoms with van der Waals surface area (Å²) in [5, 5.41) is 5.69. The second kappa shape index (κ2) is 7.09. The van der Waals surface area contributed by atoms with Crippen LogP contribution < -0.4 is 10.6 Å². The molecule has 120 valence electrons. The van der Waals surface area contributed by atoms with Crippen LogP contribution in [0.1, 0.15) is 35.3 Å². The topological polar surface area (TPSA) is 58.2 Å². The van der Waals surface area contributed by atoms with Gasteiger partial charge in [-0.1, -0.05) is 31.5 Å². The van der Waals surface area contributed by atoms with E-state index in [9.17, 15) is 9.59 Å². The molecule has 2 amide bonds. The average molecular weight is 310 g/mol. The van der Waals surface area contributed by atoms with Crippen molar-refractivity contribution >= 4 is 23.2 Å². The van der Waals surface area contributed by atoms with Gasteiger partial charge >= 0.3 is 0 Å². The number of nitrogens with one attached hydrogen (secondary N) is 2. The Morgan fingerprint density at radius 1 is 0.870 bits per heavy atom. The van der Waals surface area contributed by atoms with E-state index in [0.717, 1.165) is 11.1 Å². The summed E-state index contributed by atoms with van der Waals surface area (Å²) in [4.78, 5) is 24.0. The molecule has 0 saturated carbocycles. The first-order chi connectivity index (χ1) is 10.9. The van der Waals surface area contributed by atoms with Gasteiger partial charge in [-0.3, -0.25) is 9.59 Å². The van der Waals surface area contributed by atoms with Gasteiger partial charge in [0.15, 0.2) is 0 Å². The van der Waals surface area contributed by atoms with Crippen LogP contribution in [0.5, 0.6) is 0 Å². The normalized spacial score (nSPS) is 10.5. The Labute approximate surface area is 136 Å². The Morgan fingerprint density at radius 2 is 1.43 bits per heavy atom. The Kier molecular flexibility index (Phi) is 5.16. The number of aryl methyl sites for hydroxylation is 2. The smallest absolute Gasteiger partial charge is 0.255 e. The average Bonchev–Trinajstić information content (AvgIpc) is 2.48. The molecule has 2 rings (SSSR count). The lowest BCUT2D eigenvalue weighted by Gasteiger charge is -2.10. The lowest BCUT2D eigenvalue weighted by molar-refractivity contribution is -0.118. The summed E-state index contributed by atoms with van der Waals surface area (Å²) in [7, 11) is 0. The fourth-order valence-electron chi connectivity index (χ4n) is 2.19. The first-order valence-corrected chi connectivity index (χ1v) is 7.66. The molecule has 0 fully saturated rings. The van der Waals surface area contributed by atoms with E-state index in [-0.39, 0.29) is 17.7 Å². The van der Waals surface area contributed by atoms with E-state index in [1.54, 1.807) is 24.3 Å². The molecule has 4 nitrogen and oxygen atoms in total. The van der Waals surface area contributed by atoms with Crippen molar-refractivity contribution in [3.8, 4) is 0 Å². The molecule has 2 N–H and O–H groups in total. The lowest BCUT2D eigenvalue weighted by Crippen LogP contribution is -2.17. The van der Waals surface area contributed by atoms with E-state index in [1.807, 2.05) is 45.9 Å². The highest BCUT2D eigenvalue weighted by molar-refractivity contribution is 6.05. The molecule has 0 unspecified atom stereocenters. The third kappa shape index (κ3) is 4.42. The molecule has 0 spiro atoms. The van der Waals surface area contributed by atoms with Crippen LogP contribution in [0, 0.1) is 19.8 Å². The first kappa shape index (κ1) is 16.7. The summed E-state index contributed by atoms with van der Waals surface area (Å²) in [6.07, 6.45) is 0. The van der Waals surface area contributed by atoms with E-state index < -0.39 is 0 Å². The molecule has 0 aromatic heterocycles. The summed E-state index contributed by atoms with van der Waals surface area (Å²) < 4.78 is 0. The van der Waals surface area contributed by atoms with Crippen LogP contribution in [-0.4, -0.2) is 11.8 Å². The lowest BCUT2D eigenvalue weighted by atomic mass is 10.1. The number of rotatable bonds is 4. The van der Waals surface area contributed by atoms with Gasteiger partial charge in [-0.2, -0.15) is 0 Å². The molecule has 4 heteroatoms. The van der Waals surface area contributed by atoms with Crippen LogP contribution in [0.2, 0.25) is 0 Å². The molecular formula is C19H22N2O2. The van der Waals surface area contributed by atoms with Crippen LogP contribution in [0.3, 0.4) is 0 Å². The zero-order valence-corrected chi connectivity index (χ0v) is 13.9. The maximum Gasteiger partial charge on any atom is 0.255 e. The summed E-state index contributed by atoms with van der Waals surface area (Å²) in [5.74, 6) is -0.238. The highest BCUT2D eigenvalue weighted by atomic mass is 16.2. The number of hydrogen-bond acceptors (Lipinski definition) is 2. The zero-order chi connectivity index (χ0) is 17.0. The number of amides is 2. The van der Waals surface area contributed by atoms with E-state index >= 15 is 0 Å². The van der Waals surface area contributed by atoms with Crippen molar-refractivity contribution in [1.82, 2.24) is 0 Å². The zero-order valence-electron chi connectivity index (χ0n) is 13.9. The minimum Gasteiger partial charge on any atom is -0.326 e. The van der Waals surface area contributed by atoms with E-state index in [2.05, 4.69) is 10.6 Å². The Morgan fingerprint density at radius 3 is 1.96 bits per heavy atom. The van der Waals surface area contributed by atoms with Crippen LogP contribution in [0.25, 0.3) is 0 Å². The summed E-state index contributed by atoms with van der Waals surface area (Å²) in [6, 6.07) is 12.8. The molecule has 0 bridgehead atoms. The molecule has 0 radical (unpaired) electrons. The Hall–Kier alpha value is -2.62. The van der Waals surface area contributed by atoms with Gasteiger partial charge in [0.1, 0.15) is 0 Å². The highest BCUT2D eigenvalue weighted by Crippen LogP contribution is 2.17. The molecule has 0 saturated heterocycles. The monoisotopic (exact) mass is 310 g/mol. The Bertz CT molecular complexity index is 719. The van der Waals surface area contributed by atoms with E-state index in [0.29, 0.717) is 16.9 Å². The van der Waals surface area contributed by atoms with Gasteiger partial charge in [0.25, 0.3) is 5.91 Å². The predicted octanol–water partition coefficient (Wildman–Crippen LogP) is 4.15. The minimum atomic E-state index is -0.138. The van der Waals surface area contributed by atoms with Crippen molar-refractivity contribution in [2.45, 2.75) is 27.7 Å². The van der Waals surface area contributed by atoms with Crippen LogP contribution >= 0.6 is 0 Å². The van der Waals surface area contributed by atoms with Gasteiger partial charge < -0.3 is 10.6 Å². The molecule has 23 heavy (non-hydrogen) atoms. The van der Waals surface area contributed by atoms with Gasteiger partial charge in [0.2, 0.25) is 5.91 Å². The third-order valence-electron chi connectivity index (χ3n) is 3.56. The first-order valence-electron chi connectivity index (χ1n) is 7.66. The highest BCUT2D eigenvalue weighted by Gasteiger charge is 2.10. The maximum absolute atomic E-state index is 12.3. The van der Waals surface area contributed by atoms with Crippen molar-refractivity contribution in [3.05, 3.63) is 59.2 Å². The molecular weight excluding hydrogens is 288 g/mol. The maximum atomic E-state index is 12.3. The van der Waals surface area contributed by atoms with E-state index in [1.165, 1.54) is 0 Å². The van der Waals surface area contributed by atoms with Gasteiger partial charge in [-0.25, -0.2) is 0 Å². The van der Waals surface area contributed by atoms with Crippen molar-refractivity contribution in [3.63, 3.8) is 0 Å². The molecule has 2 aromatic rings. The molecule has 0 heterocycles. The summed E-state index contributed by atoms with van der Waals surface area (Å²) >= 11 is 0. The third-order valence-corrected chi connectivity index (χ3v) is 3.56. The number of anilines is 2. The minimum absolute atomic E-state index is 0.0305. The summed E-state index contributed by atoms with van der Waals surface area (Å²) in [5.41, 5.74) is 4.14. The molecule has 0 aliphatic carbocycles. The fraction of sp³-hybridized carbons (Fsp3) is 0.263. The van der Waals surface area contributed by atoms with Gasteiger partial charge in [-0.05, 0) is 49.7 Å². The molecule has 0 aliphatic rings. The SMILES string of the molecule is Cc1ccc(C(=O)Nc2ccc(NC(=O)C(C)C)cc2)c(C)c1. The molecule has 0 atom stereocenters. The number of hydrogen-bond donors (Lipinski definition) is 2. The second-order valence-corrected chi connectivity index (χ2v) is 5.99. The number of carbonyl (C=O) groups is 2. The van der Waals surface area contributed by atoms with Crippen molar-refractivity contribution in [2.24, 2.45) is 5.92 Å². The quantitative estimate of drug-likeness (QED) is 0.891. The van der Waals surface area contributed by atoms with Gasteiger partial charge in [-0.15, -0.1) is 0 Å². The van der Waals surface area contributed by atoms with Crippen molar-refractivity contribution in [1.29, 1.82) is 0 Å². The van der Waals surface area contributed by atoms with Crippen molar-refractivity contribution in [2.75, 3.05) is 10.6 Å². The Balaban J connectivity index is 2.06. The van der Waals surface area contributed by atoms with E-state index in [4.69, 9.17) is 0 Å². The second-order valence-electron chi connectivity index (χ2n) is 5.99. The van der Waals surface area contributed by atoms with Crippen LogP contribution in [-0.2, 0) is 4.79 Å². The van der Waals surface area contributed by atoms with Crippen LogP contribution in [0.15, 0.2) is 42.5 Å². The fourth-order valence-corrected chi connectivity index (χ4v) is 2.19. The summed E-state index contributed by atoms with van der Waals surface area (Å²) in [6.45, 7) is 7.60. The molecule has 0 aliphatic heterocycles. The number of carbonyl (C=O) groups excluding carboxylic acids is 2. The number of benzene rings is 2. The van der Waals surface area contributed by atoms with Gasteiger partial charge in [0.05, 0.1) is 0 Å². The van der Waals surface area contributed by atoms with Crippen LogP contribution in [0.4, 0.5) is 11.4 Å². The standard InChI is InChI=1S/C19H22N2O2/c1-12(2)18(22)20-15-6-8-16(9-7-15)21-19(23)17-10-5-13(3)11-14(17)4/h5-12H,1-4H3,(H,20,22)(H,21,23). The largest absolute Gasteiger partial charge is 0.326 e. The molecule has 2 aromatic carbocycles. The van der Waals surface area contributed by atoms with Crippen molar-refractivity contribution < 1.29 is 9.59 Å².